The predicted octanol–water partition coefficient (Wildman–Crippen LogP) is 2.14. The van der Waals surface area contributed by atoms with Crippen LogP contribution in [0.1, 0.15) is 10.4 Å². The highest BCUT2D eigenvalue weighted by molar-refractivity contribution is 7.22. The molecule has 0 spiro atoms. The molecule has 5 nitrogen and oxygen atoms in total. The largest absolute Gasteiger partial charge is 0.370 e. The number of carbonyl (C=O) groups is 1. The number of rotatable bonds is 5. The summed E-state index contributed by atoms with van der Waals surface area (Å²) in [6.07, 6.45) is 0. The van der Waals surface area contributed by atoms with Gasteiger partial charge in [0.05, 0.1) is 36.5 Å². The van der Waals surface area contributed by atoms with Gasteiger partial charge in [-0.3, -0.25) is 9.69 Å². The maximum absolute atomic E-state index is 13.6. The SMILES string of the molecule is O=C(c1cccc(F)c1)N(CC[NH+]1CCOCC1)c1nc2ccc(F)cc2s1. The first kappa shape index (κ1) is 18.9. The number of nitrogens with zero attached hydrogens (tertiary/aromatic N) is 2. The molecular weight excluding hydrogens is 384 g/mol. The minimum Gasteiger partial charge on any atom is -0.370 e. The Morgan fingerprint density at radius 3 is 2.71 bits per heavy atom. The number of ether oxygens (including phenoxy) is 1. The molecule has 1 aromatic heterocycles. The maximum atomic E-state index is 13.6. The molecular formula is C20H20F2N3O2S+. The molecule has 1 aliphatic rings. The van der Waals surface area contributed by atoms with Crippen LogP contribution < -0.4 is 9.80 Å². The number of thiazole rings is 1. The third kappa shape index (κ3) is 4.19. The Kier molecular flexibility index (Phi) is 5.61. The number of fused-ring (bicyclic) bond motifs is 1. The van der Waals surface area contributed by atoms with Gasteiger partial charge >= 0.3 is 0 Å². The summed E-state index contributed by atoms with van der Waals surface area (Å²) in [7, 11) is 0. The standard InChI is InChI=1S/C20H19F2N3O2S/c21-15-3-1-2-14(12-15)19(26)25(7-6-24-8-10-27-11-9-24)20-23-17-5-4-16(22)13-18(17)28-20/h1-5,12-13H,6-11H2/p+1. The first-order valence-corrected chi connectivity index (χ1v) is 9.96. The first-order valence-electron chi connectivity index (χ1n) is 9.15. The molecule has 3 aromatic rings. The molecule has 2 heterocycles. The van der Waals surface area contributed by atoms with Crippen LogP contribution in [0.5, 0.6) is 0 Å². The van der Waals surface area contributed by atoms with Gasteiger partial charge in [-0.25, -0.2) is 13.8 Å². The fraction of sp³-hybridized carbons (Fsp3) is 0.300. The van der Waals surface area contributed by atoms with Crippen LogP contribution in [0.25, 0.3) is 10.2 Å². The Balaban J connectivity index is 1.63. The molecule has 0 bridgehead atoms. The van der Waals surface area contributed by atoms with Gasteiger partial charge in [0.2, 0.25) is 0 Å². The van der Waals surface area contributed by atoms with Crippen molar-refractivity contribution in [2.24, 2.45) is 0 Å². The van der Waals surface area contributed by atoms with Gasteiger partial charge in [-0.1, -0.05) is 17.4 Å². The van der Waals surface area contributed by atoms with Crippen LogP contribution >= 0.6 is 11.3 Å². The second-order valence-corrected chi connectivity index (χ2v) is 7.70. The van der Waals surface area contributed by atoms with Crippen LogP contribution in [0.4, 0.5) is 13.9 Å². The zero-order valence-electron chi connectivity index (χ0n) is 15.2. The molecule has 1 N–H and O–H groups in total. The van der Waals surface area contributed by atoms with Crippen LogP contribution in [-0.4, -0.2) is 50.3 Å². The number of nitrogens with one attached hydrogen (secondary N) is 1. The normalized spacial score (nSPS) is 15.1. The Bertz CT molecular complexity index is 988. The molecule has 8 heteroatoms. The Labute approximate surface area is 165 Å². The van der Waals surface area contributed by atoms with Crippen LogP contribution in [0, 0.1) is 11.6 Å². The Hall–Kier alpha value is -2.42. The van der Waals surface area contributed by atoms with Crippen LogP contribution in [-0.2, 0) is 4.74 Å². The summed E-state index contributed by atoms with van der Waals surface area (Å²) in [6.45, 7) is 4.34. The molecule has 28 heavy (non-hydrogen) atoms. The van der Waals surface area contributed by atoms with Crippen molar-refractivity contribution in [2.75, 3.05) is 44.3 Å². The van der Waals surface area contributed by atoms with E-state index in [4.69, 9.17) is 4.74 Å². The average molecular weight is 404 g/mol. The van der Waals surface area contributed by atoms with Gasteiger partial charge in [-0.05, 0) is 36.4 Å². The highest BCUT2D eigenvalue weighted by atomic mass is 32.1. The Morgan fingerprint density at radius 2 is 1.93 bits per heavy atom. The lowest BCUT2D eigenvalue weighted by molar-refractivity contribution is -0.906. The minimum atomic E-state index is -0.462. The monoisotopic (exact) mass is 404 g/mol. The molecule has 1 aliphatic heterocycles. The van der Waals surface area contributed by atoms with E-state index in [-0.39, 0.29) is 17.3 Å². The molecule has 1 fully saturated rings. The minimum absolute atomic E-state index is 0.266. The third-order valence-electron chi connectivity index (χ3n) is 4.78. The number of quaternary nitrogens is 1. The molecule has 0 atom stereocenters. The average Bonchev–Trinajstić information content (AvgIpc) is 3.11. The number of benzene rings is 2. The molecule has 1 saturated heterocycles. The number of amides is 1. The summed E-state index contributed by atoms with van der Waals surface area (Å²) in [4.78, 5) is 20.6. The van der Waals surface area contributed by atoms with E-state index < -0.39 is 5.82 Å². The van der Waals surface area contributed by atoms with Gasteiger partial charge in [0, 0.05) is 5.56 Å². The van der Waals surface area contributed by atoms with Crippen molar-refractivity contribution in [3.63, 3.8) is 0 Å². The van der Waals surface area contributed by atoms with E-state index in [2.05, 4.69) is 4.98 Å². The maximum Gasteiger partial charge on any atom is 0.260 e. The number of halogens is 2. The molecule has 0 aliphatic carbocycles. The lowest BCUT2D eigenvalue weighted by Gasteiger charge is -2.27. The van der Waals surface area contributed by atoms with Crippen molar-refractivity contribution in [3.05, 3.63) is 59.7 Å². The number of anilines is 1. The summed E-state index contributed by atoms with van der Waals surface area (Å²) in [5.41, 5.74) is 0.902. The predicted molar refractivity (Wildman–Crippen MR) is 104 cm³/mol. The lowest BCUT2D eigenvalue weighted by Crippen LogP contribution is -3.14. The van der Waals surface area contributed by atoms with Crippen molar-refractivity contribution in [1.29, 1.82) is 0 Å². The molecule has 2 aromatic carbocycles. The molecule has 4 rings (SSSR count). The fourth-order valence-corrected chi connectivity index (χ4v) is 4.26. The molecule has 1 amide bonds. The van der Waals surface area contributed by atoms with E-state index >= 15 is 0 Å². The number of hydrogen-bond acceptors (Lipinski definition) is 4. The number of carbonyl (C=O) groups excluding carboxylic acids is 1. The smallest absolute Gasteiger partial charge is 0.260 e. The van der Waals surface area contributed by atoms with E-state index in [1.807, 2.05) is 0 Å². The number of hydrogen-bond donors (Lipinski definition) is 1. The van der Waals surface area contributed by atoms with Crippen LogP contribution in [0.2, 0.25) is 0 Å². The van der Waals surface area contributed by atoms with Crippen molar-refractivity contribution in [2.45, 2.75) is 0 Å². The summed E-state index contributed by atoms with van der Waals surface area (Å²) < 4.78 is 33.2. The summed E-state index contributed by atoms with van der Waals surface area (Å²) in [5.74, 6) is -1.12. The van der Waals surface area contributed by atoms with Gasteiger partial charge in [-0.2, -0.15) is 0 Å². The number of morpholine rings is 1. The topological polar surface area (TPSA) is 46.9 Å². The van der Waals surface area contributed by atoms with E-state index in [0.29, 0.717) is 35.1 Å². The van der Waals surface area contributed by atoms with Gasteiger partial charge in [-0.15, -0.1) is 0 Å². The summed E-state index contributed by atoms with van der Waals surface area (Å²) in [5, 5.41) is 0.488. The molecule has 146 valence electrons. The van der Waals surface area contributed by atoms with Gasteiger partial charge in [0.25, 0.3) is 5.91 Å². The van der Waals surface area contributed by atoms with E-state index in [1.54, 1.807) is 17.0 Å². The fourth-order valence-electron chi connectivity index (χ4n) is 3.24. The van der Waals surface area contributed by atoms with Crippen molar-refractivity contribution in [1.82, 2.24) is 4.98 Å². The van der Waals surface area contributed by atoms with E-state index in [9.17, 15) is 13.6 Å². The highest BCUT2D eigenvalue weighted by Crippen LogP contribution is 2.30. The van der Waals surface area contributed by atoms with Gasteiger partial charge in [0.15, 0.2) is 5.13 Å². The van der Waals surface area contributed by atoms with Gasteiger partial charge < -0.3 is 9.64 Å². The second-order valence-electron chi connectivity index (χ2n) is 6.69. The first-order chi connectivity index (χ1) is 13.6. The van der Waals surface area contributed by atoms with Crippen molar-refractivity contribution in [3.8, 4) is 0 Å². The zero-order chi connectivity index (χ0) is 19.5. The molecule has 0 saturated carbocycles. The van der Waals surface area contributed by atoms with E-state index in [1.165, 1.54) is 46.6 Å². The molecule has 0 radical (unpaired) electrons. The summed E-state index contributed by atoms with van der Waals surface area (Å²) in [6, 6.07) is 10.00. The zero-order valence-corrected chi connectivity index (χ0v) is 16.0. The highest BCUT2D eigenvalue weighted by Gasteiger charge is 2.24. The van der Waals surface area contributed by atoms with Crippen molar-refractivity contribution < 1.29 is 23.2 Å². The Morgan fingerprint density at radius 1 is 1.14 bits per heavy atom. The second kappa shape index (κ2) is 8.30. The van der Waals surface area contributed by atoms with E-state index in [0.717, 1.165) is 19.6 Å². The number of aromatic nitrogens is 1. The van der Waals surface area contributed by atoms with Gasteiger partial charge in [0.1, 0.15) is 24.7 Å². The van der Waals surface area contributed by atoms with Crippen LogP contribution in [0.15, 0.2) is 42.5 Å². The van der Waals surface area contributed by atoms with Crippen molar-refractivity contribution >= 4 is 32.6 Å². The molecule has 0 unspecified atom stereocenters. The van der Waals surface area contributed by atoms with Crippen LogP contribution in [0.3, 0.4) is 0 Å². The summed E-state index contributed by atoms with van der Waals surface area (Å²) >= 11 is 1.26. The third-order valence-corrected chi connectivity index (χ3v) is 5.82. The lowest BCUT2D eigenvalue weighted by atomic mass is 10.2. The quantitative estimate of drug-likeness (QED) is 0.709.